The van der Waals surface area contributed by atoms with Crippen LogP contribution in [0.25, 0.3) is 22.4 Å². The zero-order chi connectivity index (χ0) is 29.9. The Bertz CT molecular complexity index is 1590. The molecule has 1 atom stereocenters. The molecule has 2 aromatic carbocycles. The number of urea groups is 1. The third kappa shape index (κ3) is 6.06. The van der Waals surface area contributed by atoms with E-state index in [1.165, 1.54) is 16.7 Å². The number of nitrogens with one attached hydrogen (secondary N) is 2. The van der Waals surface area contributed by atoms with Crippen molar-refractivity contribution >= 4 is 17.5 Å². The van der Waals surface area contributed by atoms with E-state index >= 15 is 0 Å². The van der Waals surface area contributed by atoms with E-state index in [0.29, 0.717) is 26.3 Å². The van der Waals surface area contributed by atoms with Gasteiger partial charge in [-0.15, -0.1) is 0 Å². The third-order valence-electron chi connectivity index (χ3n) is 8.75. The molecule has 2 aromatic heterocycles. The molecule has 10 heteroatoms. The van der Waals surface area contributed by atoms with Gasteiger partial charge in [0.1, 0.15) is 11.5 Å². The average Bonchev–Trinajstić information content (AvgIpc) is 3.71. The molecule has 2 fully saturated rings. The maximum atomic E-state index is 12.7. The highest BCUT2D eigenvalue weighted by molar-refractivity contribution is 5.90. The Hall–Kier alpha value is -4.25. The van der Waals surface area contributed by atoms with E-state index in [1.54, 1.807) is 4.90 Å². The van der Waals surface area contributed by atoms with Gasteiger partial charge in [0.05, 0.1) is 32.5 Å². The first-order chi connectivity index (χ1) is 21.6. The standard InChI is InChI=1S/C34H39N7O3/c1-2-41-23-30(32(38-41)26-7-9-27(10-8-26)36-34(42)40-15-19-44-20-16-40)28-11-12-35-33-29(28)21-31(37-33)25-5-3-24(4-6-25)22-39-13-17-43-18-14-39/h3-12,23,31H,2,13-22H2,1H3,(H,35,37)(H,36,42). The maximum absolute atomic E-state index is 12.7. The Morgan fingerprint density at radius 2 is 1.66 bits per heavy atom. The van der Waals surface area contributed by atoms with Crippen molar-refractivity contribution < 1.29 is 14.3 Å². The van der Waals surface area contributed by atoms with Gasteiger partial charge < -0.3 is 25.0 Å². The molecule has 44 heavy (non-hydrogen) atoms. The summed E-state index contributed by atoms with van der Waals surface area (Å²) in [7, 11) is 0. The number of hydrogen-bond acceptors (Lipinski definition) is 7. The van der Waals surface area contributed by atoms with Crippen LogP contribution in [0.3, 0.4) is 0 Å². The zero-order valence-electron chi connectivity index (χ0n) is 25.2. The number of aryl methyl sites for hydroxylation is 1. The first-order valence-corrected chi connectivity index (χ1v) is 15.6. The van der Waals surface area contributed by atoms with Crippen LogP contribution in [0.4, 0.5) is 16.3 Å². The summed E-state index contributed by atoms with van der Waals surface area (Å²) >= 11 is 0. The predicted octanol–water partition coefficient (Wildman–Crippen LogP) is 5.04. The molecule has 0 radical (unpaired) electrons. The average molecular weight is 594 g/mol. The Morgan fingerprint density at radius 1 is 0.932 bits per heavy atom. The molecule has 2 N–H and O–H groups in total. The number of morpholine rings is 2. The van der Waals surface area contributed by atoms with Crippen LogP contribution < -0.4 is 10.6 Å². The van der Waals surface area contributed by atoms with Crippen LogP contribution in [0.2, 0.25) is 0 Å². The molecule has 1 unspecified atom stereocenters. The largest absolute Gasteiger partial charge is 0.379 e. The van der Waals surface area contributed by atoms with Crippen LogP contribution >= 0.6 is 0 Å². The van der Waals surface area contributed by atoms with Gasteiger partial charge >= 0.3 is 6.03 Å². The van der Waals surface area contributed by atoms with E-state index in [-0.39, 0.29) is 12.1 Å². The Balaban J connectivity index is 1.09. The van der Waals surface area contributed by atoms with E-state index in [2.05, 4.69) is 59.0 Å². The van der Waals surface area contributed by atoms with Crippen LogP contribution in [0, 0.1) is 0 Å². The van der Waals surface area contributed by atoms with Gasteiger partial charge in [0.15, 0.2) is 0 Å². The van der Waals surface area contributed by atoms with Crippen LogP contribution in [-0.4, -0.2) is 83.2 Å². The minimum absolute atomic E-state index is 0.0989. The van der Waals surface area contributed by atoms with Crippen LogP contribution in [0.5, 0.6) is 0 Å². The molecule has 0 bridgehead atoms. The summed E-state index contributed by atoms with van der Waals surface area (Å²) in [4.78, 5) is 21.6. The molecule has 228 valence electrons. The van der Waals surface area contributed by atoms with Gasteiger partial charge in [0.2, 0.25) is 0 Å². The lowest BCUT2D eigenvalue weighted by Crippen LogP contribution is -2.43. The van der Waals surface area contributed by atoms with Gasteiger partial charge in [-0.25, -0.2) is 9.78 Å². The van der Waals surface area contributed by atoms with Crippen molar-refractivity contribution in [2.75, 3.05) is 63.2 Å². The van der Waals surface area contributed by atoms with Crippen molar-refractivity contribution in [2.45, 2.75) is 32.5 Å². The summed E-state index contributed by atoms with van der Waals surface area (Å²) in [6, 6.07) is 19.1. The van der Waals surface area contributed by atoms with Gasteiger partial charge in [0.25, 0.3) is 0 Å². The molecule has 3 aliphatic heterocycles. The Kier molecular flexibility index (Phi) is 8.28. The Labute approximate surface area is 258 Å². The second-order valence-corrected chi connectivity index (χ2v) is 11.6. The summed E-state index contributed by atoms with van der Waals surface area (Å²) in [5.74, 6) is 0.932. The second kappa shape index (κ2) is 12.8. The summed E-state index contributed by atoms with van der Waals surface area (Å²) in [5.41, 5.74) is 8.71. The maximum Gasteiger partial charge on any atom is 0.321 e. The van der Waals surface area contributed by atoms with Crippen molar-refractivity contribution in [3.05, 3.63) is 83.7 Å². The van der Waals surface area contributed by atoms with E-state index in [9.17, 15) is 4.79 Å². The normalized spacial score (nSPS) is 18.6. The van der Waals surface area contributed by atoms with Crippen LogP contribution in [0.15, 0.2) is 67.0 Å². The fraction of sp³-hybridized carbons (Fsp3) is 0.382. The molecule has 2 saturated heterocycles. The van der Waals surface area contributed by atoms with Crippen LogP contribution in [-0.2, 0) is 29.0 Å². The van der Waals surface area contributed by atoms with Gasteiger partial charge in [-0.3, -0.25) is 9.58 Å². The summed E-state index contributed by atoms with van der Waals surface area (Å²) in [6.45, 7) is 9.79. The lowest BCUT2D eigenvalue weighted by Gasteiger charge is -2.26. The molecule has 0 spiro atoms. The first kappa shape index (κ1) is 28.5. The fourth-order valence-corrected chi connectivity index (χ4v) is 6.24. The van der Waals surface area contributed by atoms with Crippen molar-refractivity contribution in [1.29, 1.82) is 0 Å². The first-order valence-electron chi connectivity index (χ1n) is 15.6. The Morgan fingerprint density at radius 3 is 2.39 bits per heavy atom. The summed E-state index contributed by atoms with van der Waals surface area (Å²) in [5, 5.41) is 11.6. The molecular formula is C34H39N7O3. The number of pyridine rings is 1. The highest BCUT2D eigenvalue weighted by Crippen LogP contribution is 2.41. The molecule has 10 nitrogen and oxygen atoms in total. The number of anilines is 2. The number of aromatic nitrogens is 3. The van der Waals surface area contributed by atoms with Crippen molar-refractivity contribution in [3.63, 3.8) is 0 Å². The van der Waals surface area contributed by atoms with Gasteiger partial charge in [-0.05, 0) is 41.8 Å². The SMILES string of the molecule is CCn1cc(-c2ccnc3c2CC(c2ccc(CN4CCOCC4)cc2)N3)c(-c2ccc(NC(=O)N3CCOCC3)cc2)n1. The number of benzene rings is 2. The highest BCUT2D eigenvalue weighted by atomic mass is 16.5. The molecule has 4 aromatic rings. The van der Waals surface area contributed by atoms with Gasteiger partial charge in [-0.1, -0.05) is 36.4 Å². The highest BCUT2D eigenvalue weighted by Gasteiger charge is 2.28. The van der Waals surface area contributed by atoms with Gasteiger partial charge in [-0.2, -0.15) is 5.10 Å². The minimum atomic E-state index is -0.0989. The van der Waals surface area contributed by atoms with E-state index in [4.69, 9.17) is 19.6 Å². The van der Waals surface area contributed by atoms with E-state index in [1.807, 2.05) is 35.1 Å². The second-order valence-electron chi connectivity index (χ2n) is 11.6. The quantitative estimate of drug-likeness (QED) is 0.310. The monoisotopic (exact) mass is 593 g/mol. The number of carbonyl (C=O) groups excluding carboxylic acids is 1. The van der Waals surface area contributed by atoms with Crippen molar-refractivity contribution in [1.82, 2.24) is 24.6 Å². The van der Waals surface area contributed by atoms with Crippen molar-refractivity contribution in [3.8, 4) is 22.4 Å². The van der Waals surface area contributed by atoms with Crippen LogP contribution in [0.1, 0.15) is 29.7 Å². The summed E-state index contributed by atoms with van der Waals surface area (Å²) in [6.07, 6.45) is 4.86. The lowest BCUT2D eigenvalue weighted by molar-refractivity contribution is 0.0342. The number of rotatable bonds is 7. The minimum Gasteiger partial charge on any atom is -0.379 e. The number of amides is 2. The molecule has 3 aliphatic rings. The smallest absolute Gasteiger partial charge is 0.321 e. The molecule has 0 aliphatic carbocycles. The molecular weight excluding hydrogens is 554 g/mol. The molecule has 7 rings (SSSR count). The fourth-order valence-electron chi connectivity index (χ4n) is 6.24. The zero-order valence-corrected chi connectivity index (χ0v) is 25.2. The number of fused-ring (bicyclic) bond motifs is 1. The number of nitrogens with zero attached hydrogens (tertiary/aromatic N) is 5. The van der Waals surface area contributed by atoms with E-state index < -0.39 is 0 Å². The van der Waals surface area contributed by atoms with Gasteiger partial charge in [0, 0.05) is 80.5 Å². The predicted molar refractivity (Wildman–Crippen MR) is 171 cm³/mol. The summed E-state index contributed by atoms with van der Waals surface area (Å²) < 4.78 is 12.8. The number of hydrogen-bond donors (Lipinski definition) is 2. The molecule has 2 amide bonds. The number of carbonyl (C=O) groups is 1. The molecule has 5 heterocycles. The number of ether oxygens (including phenoxy) is 2. The lowest BCUT2D eigenvalue weighted by atomic mass is 9.95. The topological polar surface area (TPSA) is 96.8 Å². The van der Waals surface area contributed by atoms with E-state index in [0.717, 1.165) is 79.7 Å². The third-order valence-corrected chi connectivity index (χ3v) is 8.75. The molecule has 0 saturated carbocycles. The van der Waals surface area contributed by atoms with Crippen molar-refractivity contribution in [2.24, 2.45) is 0 Å².